The van der Waals surface area contributed by atoms with Crippen molar-refractivity contribution in [2.75, 3.05) is 13.1 Å². The van der Waals surface area contributed by atoms with Crippen molar-refractivity contribution in [2.24, 2.45) is 0 Å². The van der Waals surface area contributed by atoms with E-state index in [0.717, 1.165) is 20.8 Å². The number of ether oxygens (including phenoxy) is 1. The summed E-state index contributed by atoms with van der Waals surface area (Å²) in [6, 6.07) is 3.24. The van der Waals surface area contributed by atoms with Crippen molar-refractivity contribution in [2.45, 2.75) is 39.3 Å². The summed E-state index contributed by atoms with van der Waals surface area (Å²) >= 11 is 1.51. The molecule has 9 heteroatoms. The molecule has 0 aliphatic carbocycles. The van der Waals surface area contributed by atoms with Crippen LogP contribution in [0.25, 0.3) is 21.5 Å². The number of likely N-dealkylation sites (tertiary alicyclic amines) is 1. The lowest BCUT2D eigenvalue weighted by atomic mass is 10.1. The summed E-state index contributed by atoms with van der Waals surface area (Å²) in [6.07, 6.45) is 3.34. The fraction of sp³-hybridized carbons (Fsp3) is 0.400. The minimum absolute atomic E-state index is 0.0223. The number of hydrogen-bond donors (Lipinski definition) is 1. The van der Waals surface area contributed by atoms with Gasteiger partial charge in [0.15, 0.2) is 0 Å². The van der Waals surface area contributed by atoms with Crippen LogP contribution in [0.4, 0.5) is 4.79 Å². The Labute approximate surface area is 171 Å². The first-order valence-electron chi connectivity index (χ1n) is 9.27. The molecular formula is C20H22N4O4S. The minimum atomic E-state index is -1.00. The number of carbonyl (C=O) groups excluding carboxylic acids is 1. The van der Waals surface area contributed by atoms with Gasteiger partial charge in [0.05, 0.1) is 17.1 Å². The Morgan fingerprint density at radius 1 is 1.28 bits per heavy atom. The maximum atomic E-state index is 12.2. The highest BCUT2D eigenvalue weighted by molar-refractivity contribution is 7.15. The smallest absolute Gasteiger partial charge is 0.410 e. The molecule has 1 aliphatic rings. The van der Waals surface area contributed by atoms with Crippen LogP contribution in [0.2, 0.25) is 0 Å². The van der Waals surface area contributed by atoms with Gasteiger partial charge < -0.3 is 14.7 Å². The Morgan fingerprint density at radius 3 is 2.59 bits per heavy atom. The van der Waals surface area contributed by atoms with Crippen LogP contribution in [0.1, 0.15) is 42.0 Å². The van der Waals surface area contributed by atoms with Crippen LogP contribution in [-0.4, -0.2) is 55.5 Å². The number of carbonyl (C=O) groups is 2. The fourth-order valence-corrected chi connectivity index (χ4v) is 4.00. The van der Waals surface area contributed by atoms with Crippen molar-refractivity contribution in [3.8, 4) is 10.6 Å². The molecule has 1 aliphatic heterocycles. The molecule has 0 saturated carbocycles. The number of benzene rings is 1. The second-order valence-corrected chi connectivity index (χ2v) is 9.42. The minimum Gasteiger partial charge on any atom is -0.478 e. The number of hydrogen-bond acceptors (Lipinski definition) is 6. The number of rotatable bonds is 3. The summed E-state index contributed by atoms with van der Waals surface area (Å²) in [5.41, 5.74) is 1.00. The zero-order valence-corrected chi connectivity index (χ0v) is 17.5. The molecule has 3 heterocycles. The van der Waals surface area contributed by atoms with Crippen LogP contribution < -0.4 is 0 Å². The van der Waals surface area contributed by atoms with Gasteiger partial charge in [-0.2, -0.15) is 5.10 Å². The number of fused-ring (bicyclic) bond motifs is 1. The normalized spacial score (nSPS) is 14.8. The van der Waals surface area contributed by atoms with Gasteiger partial charge in [-0.3, -0.25) is 4.68 Å². The standard InChI is InChI=1S/C20H22N4O4S/c1-11-7-21-17(29-11)14-5-12(18(25)26)6-16-15(14)10-24(22-16)13-8-23(9-13)19(27)28-20(2,3)4/h5-7,10,13H,8-9H2,1-4H3,(H,25,26). The van der Waals surface area contributed by atoms with Crippen LogP contribution in [0, 0.1) is 6.92 Å². The molecule has 1 N–H and O–H groups in total. The Morgan fingerprint density at radius 2 is 2.00 bits per heavy atom. The second kappa shape index (κ2) is 6.84. The summed E-state index contributed by atoms with van der Waals surface area (Å²) < 4.78 is 7.20. The van der Waals surface area contributed by atoms with Crippen LogP contribution in [0.15, 0.2) is 24.5 Å². The van der Waals surface area contributed by atoms with E-state index in [1.54, 1.807) is 27.9 Å². The van der Waals surface area contributed by atoms with Gasteiger partial charge in [-0.25, -0.2) is 14.6 Å². The molecule has 0 radical (unpaired) electrons. The van der Waals surface area contributed by atoms with Crippen molar-refractivity contribution in [1.82, 2.24) is 19.7 Å². The number of aromatic carboxylic acids is 1. The molecular weight excluding hydrogens is 392 g/mol. The van der Waals surface area contributed by atoms with Gasteiger partial charge in [0.2, 0.25) is 0 Å². The zero-order valence-electron chi connectivity index (χ0n) is 16.7. The number of nitrogens with zero attached hydrogens (tertiary/aromatic N) is 4. The molecule has 1 fully saturated rings. The lowest BCUT2D eigenvalue weighted by Gasteiger charge is -2.39. The Kier molecular flexibility index (Phi) is 4.57. The van der Waals surface area contributed by atoms with Crippen LogP contribution in [0.5, 0.6) is 0 Å². The molecule has 0 atom stereocenters. The molecule has 29 heavy (non-hydrogen) atoms. The topological polar surface area (TPSA) is 97.5 Å². The van der Waals surface area contributed by atoms with E-state index < -0.39 is 11.6 Å². The molecule has 8 nitrogen and oxygen atoms in total. The summed E-state index contributed by atoms with van der Waals surface area (Å²) in [5, 5.41) is 15.7. The molecule has 0 bridgehead atoms. The lowest BCUT2D eigenvalue weighted by molar-refractivity contribution is -0.000309. The van der Waals surface area contributed by atoms with Crippen molar-refractivity contribution in [3.05, 3.63) is 35.0 Å². The Bertz CT molecular complexity index is 1110. The van der Waals surface area contributed by atoms with E-state index in [9.17, 15) is 14.7 Å². The molecule has 1 amide bonds. The van der Waals surface area contributed by atoms with E-state index in [1.807, 2.05) is 33.9 Å². The molecule has 1 saturated heterocycles. The molecule has 0 spiro atoms. The second-order valence-electron chi connectivity index (χ2n) is 8.19. The van der Waals surface area contributed by atoms with E-state index in [2.05, 4.69) is 10.1 Å². The van der Waals surface area contributed by atoms with Crippen molar-refractivity contribution in [1.29, 1.82) is 0 Å². The third-order valence-corrected chi connectivity index (χ3v) is 5.58. The highest BCUT2D eigenvalue weighted by atomic mass is 32.1. The van der Waals surface area contributed by atoms with E-state index in [-0.39, 0.29) is 17.7 Å². The van der Waals surface area contributed by atoms with Gasteiger partial charge in [0.25, 0.3) is 0 Å². The van der Waals surface area contributed by atoms with E-state index in [1.165, 1.54) is 11.3 Å². The van der Waals surface area contributed by atoms with Gasteiger partial charge >= 0.3 is 12.1 Å². The maximum absolute atomic E-state index is 12.2. The largest absolute Gasteiger partial charge is 0.478 e. The van der Waals surface area contributed by atoms with Crippen molar-refractivity contribution >= 4 is 34.3 Å². The van der Waals surface area contributed by atoms with Crippen LogP contribution in [0.3, 0.4) is 0 Å². The summed E-state index contributed by atoms with van der Waals surface area (Å²) in [7, 11) is 0. The quantitative estimate of drug-likeness (QED) is 0.697. The molecule has 2 aromatic heterocycles. The third kappa shape index (κ3) is 3.82. The summed E-state index contributed by atoms with van der Waals surface area (Å²) in [4.78, 5) is 30.8. The molecule has 3 aromatic rings. The first-order chi connectivity index (χ1) is 13.6. The average Bonchev–Trinajstić information content (AvgIpc) is 3.16. The molecule has 4 rings (SSSR count). The first kappa shape index (κ1) is 19.4. The SMILES string of the molecule is Cc1cnc(-c2cc(C(=O)O)cc3nn(C4CN(C(=O)OC(C)(C)C)C4)cc23)s1. The van der Waals surface area contributed by atoms with Gasteiger partial charge in [-0.05, 0) is 39.8 Å². The van der Waals surface area contributed by atoms with Gasteiger partial charge in [-0.1, -0.05) is 0 Å². The molecule has 0 unspecified atom stereocenters. The number of aromatic nitrogens is 3. The third-order valence-electron chi connectivity index (χ3n) is 4.63. The fourth-order valence-electron chi connectivity index (χ4n) is 3.21. The predicted octanol–water partition coefficient (Wildman–Crippen LogP) is 3.96. The summed E-state index contributed by atoms with van der Waals surface area (Å²) in [6.45, 7) is 8.47. The Balaban J connectivity index is 1.63. The monoisotopic (exact) mass is 414 g/mol. The lowest BCUT2D eigenvalue weighted by Crippen LogP contribution is -2.52. The molecule has 152 valence electrons. The summed E-state index contributed by atoms with van der Waals surface area (Å²) in [5.74, 6) is -1.00. The number of carboxylic acid groups (broad SMARTS) is 1. The number of carboxylic acids is 1. The van der Waals surface area contributed by atoms with Crippen molar-refractivity contribution < 1.29 is 19.4 Å². The zero-order chi connectivity index (χ0) is 20.9. The van der Waals surface area contributed by atoms with Crippen LogP contribution in [-0.2, 0) is 4.74 Å². The van der Waals surface area contributed by atoms with E-state index in [0.29, 0.717) is 18.6 Å². The number of thiazole rings is 1. The first-order valence-corrected chi connectivity index (χ1v) is 10.1. The highest BCUT2D eigenvalue weighted by Crippen LogP contribution is 2.34. The van der Waals surface area contributed by atoms with Gasteiger partial charge in [0, 0.05) is 41.3 Å². The maximum Gasteiger partial charge on any atom is 0.410 e. The van der Waals surface area contributed by atoms with E-state index in [4.69, 9.17) is 4.74 Å². The molecule has 1 aromatic carbocycles. The van der Waals surface area contributed by atoms with Gasteiger partial charge in [0.1, 0.15) is 10.6 Å². The van der Waals surface area contributed by atoms with Crippen LogP contribution >= 0.6 is 11.3 Å². The number of aryl methyl sites for hydroxylation is 1. The van der Waals surface area contributed by atoms with Gasteiger partial charge in [-0.15, -0.1) is 11.3 Å². The van der Waals surface area contributed by atoms with Crippen molar-refractivity contribution in [3.63, 3.8) is 0 Å². The highest BCUT2D eigenvalue weighted by Gasteiger charge is 2.35. The van der Waals surface area contributed by atoms with E-state index >= 15 is 0 Å². The number of amides is 1. The average molecular weight is 414 g/mol. The Hall–Kier alpha value is -2.94. The predicted molar refractivity (Wildman–Crippen MR) is 109 cm³/mol.